The Morgan fingerprint density at radius 2 is 1.58 bits per heavy atom. The Morgan fingerprint density at radius 1 is 0.958 bits per heavy atom. The van der Waals surface area contributed by atoms with Gasteiger partial charge in [0.15, 0.2) is 0 Å². The number of sulfonamides is 1. The van der Waals surface area contributed by atoms with Crippen molar-refractivity contribution in [2.24, 2.45) is 0 Å². The summed E-state index contributed by atoms with van der Waals surface area (Å²) in [5.41, 5.74) is 2.24. The summed E-state index contributed by atoms with van der Waals surface area (Å²) in [4.78, 5) is 0. The van der Waals surface area contributed by atoms with E-state index in [2.05, 4.69) is 4.72 Å². The van der Waals surface area contributed by atoms with Crippen LogP contribution >= 0.6 is 0 Å². The third kappa shape index (κ3) is 3.97. The number of benzene rings is 1. The predicted molar refractivity (Wildman–Crippen MR) is 92.1 cm³/mol. The molecule has 24 heavy (non-hydrogen) atoms. The number of hydrogen-bond donors (Lipinski definition) is 1. The van der Waals surface area contributed by atoms with Crippen LogP contribution in [0.3, 0.4) is 0 Å². The molecule has 0 aromatic heterocycles. The predicted octanol–water partition coefficient (Wildman–Crippen LogP) is 0.303. The fourth-order valence-corrected chi connectivity index (χ4v) is 5.59. The summed E-state index contributed by atoms with van der Waals surface area (Å²) < 4.78 is 53.9. The topological polar surface area (TPSA) is 86.8 Å². The van der Waals surface area contributed by atoms with E-state index in [4.69, 9.17) is 0 Å². The van der Waals surface area contributed by atoms with Gasteiger partial charge in [0.05, 0.1) is 6.26 Å². The summed E-state index contributed by atoms with van der Waals surface area (Å²) >= 11 is 0. The molecule has 2 aliphatic heterocycles. The first-order valence-electron chi connectivity index (χ1n) is 8.05. The fraction of sp³-hybridized carbons (Fsp3) is 0.600. The average Bonchev–Trinajstić information content (AvgIpc) is 2.53. The maximum atomic E-state index is 12.6. The van der Waals surface area contributed by atoms with E-state index in [1.807, 2.05) is 24.3 Å². The van der Waals surface area contributed by atoms with Gasteiger partial charge in [-0.15, -0.1) is 0 Å². The zero-order valence-electron chi connectivity index (χ0n) is 13.7. The standard InChI is InChI=1S/C15H23N3O4S2/c1-23(19,20)17-10-7-15(8-11-17)16-24(21,22)18-9-6-13-4-2-3-5-14(13)12-18/h2-5,15-16H,6-12H2,1H3. The molecular formula is C15H23N3O4S2. The Kier molecular flexibility index (Phi) is 4.99. The van der Waals surface area contributed by atoms with Crippen molar-refractivity contribution >= 4 is 20.2 Å². The third-order valence-corrected chi connectivity index (χ3v) is 7.60. The van der Waals surface area contributed by atoms with E-state index < -0.39 is 20.2 Å². The molecule has 134 valence electrons. The lowest BCUT2D eigenvalue weighted by Crippen LogP contribution is -2.51. The van der Waals surface area contributed by atoms with Crippen LogP contribution in [0.25, 0.3) is 0 Å². The van der Waals surface area contributed by atoms with Gasteiger partial charge in [-0.3, -0.25) is 0 Å². The van der Waals surface area contributed by atoms with Gasteiger partial charge < -0.3 is 0 Å². The molecule has 0 radical (unpaired) electrons. The van der Waals surface area contributed by atoms with Crippen molar-refractivity contribution < 1.29 is 16.8 Å². The van der Waals surface area contributed by atoms with Gasteiger partial charge in [0.1, 0.15) is 0 Å². The SMILES string of the molecule is CS(=O)(=O)N1CCC(NS(=O)(=O)N2CCc3ccccc3C2)CC1. The minimum Gasteiger partial charge on any atom is -0.213 e. The number of rotatable bonds is 4. The second-order valence-corrected chi connectivity index (χ2v) is 10.1. The van der Waals surface area contributed by atoms with E-state index in [1.165, 1.54) is 20.4 Å². The van der Waals surface area contributed by atoms with Crippen LogP contribution in [0.4, 0.5) is 0 Å². The lowest BCUT2D eigenvalue weighted by molar-refractivity contribution is 0.302. The lowest BCUT2D eigenvalue weighted by Gasteiger charge is -2.33. The molecule has 2 heterocycles. The van der Waals surface area contributed by atoms with Crippen LogP contribution in [-0.2, 0) is 33.2 Å². The van der Waals surface area contributed by atoms with Crippen LogP contribution in [0.15, 0.2) is 24.3 Å². The average molecular weight is 374 g/mol. The minimum absolute atomic E-state index is 0.217. The Hall–Kier alpha value is -1.00. The molecule has 7 nitrogen and oxygen atoms in total. The maximum absolute atomic E-state index is 12.6. The second-order valence-electron chi connectivity index (χ2n) is 6.41. The first-order chi connectivity index (χ1) is 11.3. The van der Waals surface area contributed by atoms with E-state index in [0.29, 0.717) is 45.4 Å². The van der Waals surface area contributed by atoms with Gasteiger partial charge in [-0.2, -0.15) is 17.4 Å². The molecule has 0 unspecified atom stereocenters. The van der Waals surface area contributed by atoms with Gasteiger partial charge in [0.2, 0.25) is 10.0 Å². The molecule has 1 aromatic rings. The number of piperidine rings is 1. The first-order valence-corrected chi connectivity index (χ1v) is 11.3. The fourth-order valence-electron chi connectivity index (χ4n) is 3.27. The molecule has 1 fully saturated rings. The molecule has 0 aliphatic carbocycles. The molecule has 3 rings (SSSR count). The molecule has 0 saturated carbocycles. The smallest absolute Gasteiger partial charge is 0.213 e. The van der Waals surface area contributed by atoms with Crippen LogP contribution in [0, 0.1) is 0 Å². The maximum Gasteiger partial charge on any atom is 0.280 e. The number of nitrogens with one attached hydrogen (secondary N) is 1. The van der Waals surface area contributed by atoms with Crippen molar-refractivity contribution in [3.8, 4) is 0 Å². The number of nitrogens with zero attached hydrogens (tertiary/aromatic N) is 2. The zero-order valence-corrected chi connectivity index (χ0v) is 15.3. The largest absolute Gasteiger partial charge is 0.280 e. The molecule has 0 amide bonds. The highest BCUT2D eigenvalue weighted by atomic mass is 32.2. The lowest BCUT2D eigenvalue weighted by atomic mass is 10.0. The van der Waals surface area contributed by atoms with Gasteiger partial charge in [-0.25, -0.2) is 12.7 Å². The van der Waals surface area contributed by atoms with Crippen molar-refractivity contribution in [3.05, 3.63) is 35.4 Å². The second kappa shape index (κ2) is 6.72. The van der Waals surface area contributed by atoms with Gasteiger partial charge >= 0.3 is 0 Å². The summed E-state index contributed by atoms with van der Waals surface area (Å²) in [6.45, 7) is 1.56. The highest BCUT2D eigenvalue weighted by Gasteiger charge is 2.31. The third-order valence-electron chi connectivity index (χ3n) is 4.67. The Balaban J connectivity index is 1.62. The Labute approximate surface area is 143 Å². The quantitative estimate of drug-likeness (QED) is 0.823. The van der Waals surface area contributed by atoms with Crippen LogP contribution < -0.4 is 4.72 Å². The Morgan fingerprint density at radius 3 is 2.21 bits per heavy atom. The van der Waals surface area contributed by atoms with Crippen LogP contribution in [0.1, 0.15) is 24.0 Å². The van der Waals surface area contributed by atoms with Crippen molar-refractivity contribution in [2.45, 2.75) is 31.8 Å². The van der Waals surface area contributed by atoms with Crippen LogP contribution in [0.5, 0.6) is 0 Å². The molecule has 1 aromatic carbocycles. The van der Waals surface area contributed by atoms with Crippen molar-refractivity contribution in [3.63, 3.8) is 0 Å². The molecular weight excluding hydrogens is 350 g/mol. The van der Waals surface area contributed by atoms with E-state index in [0.717, 1.165) is 5.56 Å². The monoisotopic (exact) mass is 373 g/mol. The molecule has 0 spiro atoms. The Bertz CT molecular complexity index is 800. The van der Waals surface area contributed by atoms with Gasteiger partial charge in [0, 0.05) is 32.2 Å². The highest BCUT2D eigenvalue weighted by molar-refractivity contribution is 7.88. The van der Waals surface area contributed by atoms with Gasteiger partial charge in [-0.1, -0.05) is 24.3 Å². The summed E-state index contributed by atoms with van der Waals surface area (Å²) in [5.74, 6) is 0. The van der Waals surface area contributed by atoms with E-state index in [9.17, 15) is 16.8 Å². The first kappa shape index (κ1) is 17.8. The minimum atomic E-state index is -3.56. The van der Waals surface area contributed by atoms with Crippen molar-refractivity contribution in [1.82, 2.24) is 13.3 Å². The summed E-state index contributed by atoms with van der Waals surface area (Å²) in [6.07, 6.45) is 2.89. The van der Waals surface area contributed by atoms with Crippen LogP contribution in [-0.4, -0.2) is 57.4 Å². The van der Waals surface area contributed by atoms with Gasteiger partial charge in [-0.05, 0) is 30.4 Å². The molecule has 1 saturated heterocycles. The summed E-state index contributed by atoms with van der Waals surface area (Å²) in [5, 5.41) is 0. The van der Waals surface area contributed by atoms with Crippen molar-refractivity contribution in [1.29, 1.82) is 0 Å². The number of fused-ring (bicyclic) bond motifs is 1. The van der Waals surface area contributed by atoms with E-state index in [-0.39, 0.29) is 6.04 Å². The zero-order chi connectivity index (χ0) is 17.4. The summed E-state index contributed by atoms with van der Waals surface area (Å²) in [6, 6.07) is 7.67. The number of hydrogen-bond acceptors (Lipinski definition) is 4. The van der Waals surface area contributed by atoms with Gasteiger partial charge in [0.25, 0.3) is 10.2 Å². The van der Waals surface area contributed by atoms with E-state index >= 15 is 0 Å². The molecule has 1 N–H and O–H groups in total. The summed E-state index contributed by atoms with van der Waals surface area (Å²) in [7, 11) is -6.76. The highest BCUT2D eigenvalue weighted by Crippen LogP contribution is 2.21. The molecule has 9 heteroatoms. The van der Waals surface area contributed by atoms with Crippen LogP contribution in [0.2, 0.25) is 0 Å². The molecule has 2 aliphatic rings. The van der Waals surface area contributed by atoms with E-state index in [1.54, 1.807) is 0 Å². The normalized spacial score (nSPS) is 21.5. The molecule has 0 atom stereocenters. The molecule has 0 bridgehead atoms. The van der Waals surface area contributed by atoms with Crippen molar-refractivity contribution in [2.75, 3.05) is 25.9 Å².